The fourth-order valence-corrected chi connectivity index (χ4v) is 2.68. The molecule has 126 valence electrons. The largest absolute Gasteiger partial charge is 0.481 e. The van der Waals surface area contributed by atoms with Crippen molar-refractivity contribution in [1.29, 1.82) is 0 Å². The van der Waals surface area contributed by atoms with Crippen molar-refractivity contribution in [3.05, 3.63) is 35.9 Å². The van der Waals surface area contributed by atoms with Crippen LogP contribution in [0.4, 0.5) is 4.79 Å². The van der Waals surface area contributed by atoms with Gasteiger partial charge in [0.2, 0.25) is 0 Å². The van der Waals surface area contributed by atoms with E-state index in [2.05, 4.69) is 24.5 Å². The highest BCUT2D eigenvalue weighted by atomic mass is 16.5. The van der Waals surface area contributed by atoms with Crippen LogP contribution in [0.3, 0.4) is 0 Å². The summed E-state index contributed by atoms with van der Waals surface area (Å²) in [5.74, 6) is -0.927. The van der Waals surface area contributed by atoms with Crippen molar-refractivity contribution in [3.63, 3.8) is 0 Å². The van der Waals surface area contributed by atoms with Crippen LogP contribution in [-0.2, 0) is 16.1 Å². The summed E-state index contributed by atoms with van der Waals surface area (Å²) in [6.45, 7) is 4.82. The Morgan fingerprint density at radius 2 is 2.00 bits per heavy atom. The summed E-state index contributed by atoms with van der Waals surface area (Å²) < 4.78 is 5.95. The van der Waals surface area contributed by atoms with Gasteiger partial charge in [-0.2, -0.15) is 0 Å². The third kappa shape index (κ3) is 4.69. The van der Waals surface area contributed by atoms with Gasteiger partial charge >= 0.3 is 12.0 Å². The SMILES string of the molecule is CC1(C)C(NC(=O)NCCC(=O)O)CC1OCc1ccccc1. The number of rotatable bonds is 7. The fourth-order valence-electron chi connectivity index (χ4n) is 2.68. The molecule has 3 N–H and O–H groups in total. The number of aliphatic carboxylic acids is 1. The van der Waals surface area contributed by atoms with Crippen LogP contribution in [-0.4, -0.2) is 35.8 Å². The number of ether oxygens (including phenoxy) is 1. The maximum absolute atomic E-state index is 11.7. The Bertz CT molecular complexity index is 545. The van der Waals surface area contributed by atoms with Crippen LogP contribution in [0.25, 0.3) is 0 Å². The minimum Gasteiger partial charge on any atom is -0.481 e. The van der Waals surface area contributed by atoms with Crippen LogP contribution < -0.4 is 10.6 Å². The first kappa shape index (κ1) is 17.3. The lowest BCUT2D eigenvalue weighted by Crippen LogP contribution is -2.63. The second kappa shape index (κ2) is 7.46. The number of carbonyl (C=O) groups excluding carboxylic acids is 1. The molecule has 1 aliphatic rings. The van der Waals surface area contributed by atoms with E-state index < -0.39 is 5.97 Å². The topological polar surface area (TPSA) is 87.7 Å². The van der Waals surface area contributed by atoms with Crippen LogP contribution in [0.5, 0.6) is 0 Å². The molecule has 23 heavy (non-hydrogen) atoms. The number of urea groups is 1. The fraction of sp³-hybridized carbons (Fsp3) is 0.529. The number of amides is 2. The Kier molecular flexibility index (Phi) is 5.60. The molecule has 0 aromatic heterocycles. The molecule has 1 aliphatic carbocycles. The second-order valence-electron chi connectivity index (χ2n) is 6.44. The molecule has 2 rings (SSSR count). The van der Waals surface area contributed by atoms with E-state index in [1.807, 2.05) is 30.3 Å². The number of hydrogen-bond acceptors (Lipinski definition) is 3. The Hall–Kier alpha value is -2.08. The summed E-state index contributed by atoms with van der Waals surface area (Å²) in [6.07, 6.45) is 0.767. The Morgan fingerprint density at radius 1 is 1.30 bits per heavy atom. The first-order valence-electron chi connectivity index (χ1n) is 7.81. The van der Waals surface area contributed by atoms with Crippen molar-refractivity contribution in [2.24, 2.45) is 5.41 Å². The number of carboxylic acid groups (broad SMARTS) is 1. The monoisotopic (exact) mass is 320 g/mol. The standard InChI is InChI=1S/C17H24N2O4/c1-17(2)13(19-16(22)18-9-8-15(20)21)10-14(17)23-11-12-6-4-3-5-7-12/h3-7,13-14H,8-11H2,1-2H3,(H,20,21)(H2,18,19,22). The predicted octanol–water partition coefficient (Wildman–Crippen LogP) is 2.14. The molecule has 1 aromatic carbocycles. The Labute approximate surface area is 136 Å². The van der Waals surface area contributed by atoms with Gasteiger partial charge in [-0.25, -0.2) is 4.79 Å². The van der Waals surface area contributed by atoms with Gasteiger partial charge in [0.05, 0.1) is 19.1 Å². The van der Waals surface area contributed by atoms with Gasteiger partial charge in [0.25, 0.3) is 0 Å². The molecule has 1 aromatic rings. The molecule has 0 heterocycles. The molecular weight excluding hydrogens is 296 g/mol. The summed E-state index contributed by atoms with van der Waals surface area (Å²) in [7, 11) is 0. The average Bonchev–Trinajstić information content (AvgIpc) is 2.50. The summed E-state index contributed by atoms with van der Waals surface area (Å²) in [6, 6.07) is 9.68. The first-order valence-corrected chi connectivity index (χ1v) is 7.81. The highest BCUT2D eigenvalue weighted by Crippen LogP contribution is 2.43. The third-order valence-corrected chi connectivity index (χ3v) is 4.40. The molecule has 2 unspecified atom stereocenters. The number of benzene rings is 1. The molecule has 0 spiro atoms. The lowest BCUT2D eigenvalue weighted by molar-refractivity contribution is -0.136. The summed E-state index contributed by atoms with van der Waals surface area (Å²) in [5.41, 5.74) is 0.977. The highest BCUT2D eigenvalue weighted by molar-refractivity contribution is 5.75. The Morgan fingerprint density at radius 3 is 2.61 bits per heavy atom. The molecule has 0 bridgehead atoms. The second-order valence-corrected chi connectivity index (χ2v) is 6.44. The van der Waals surface area contributed by atoms with E-state index in [0.717, 1.165) is 12.0 Å². The summed E-state index contributed by atoms with van der Waals surface area (Å²) in [5, 5.41) is 14.0. The van der Waals surface area contributed by atoms with Crippen molar-refractivity contribution in [3.8, 4) is 0 Å². The minimum absolute atomic E-state index is 0.0214. The Balaban J connectivity index is 1.73. The van der Waals surface area contributed by atoms with Gasteiger partial charge in [-0.1, -0.05) is 44.2 Å². The van der Waals surface area contributed by atoms with E-state index in [-0.39, 0.29) is 36.6 Å². The van der Waals surface area contributed by atoms with Gasteiger partial charge in [-0.3, -0.25) is 4.79 Å². The lowest BCUT2D eigenvalue weighted by Gasteiger charge is -2.51. The molecule has 6 heteroatoms. The molecule has 1 fully saturated rings. The summed E-state index contributed by atoms with van der Waals surface area (Å²) >= 11 is 0. The van der Waals surface area contributed by atoms with Gasteiger partial charge in [-0.15, -0.1) is 0 Å². The first-order chi connectivity index (χ1) is 10.9. The van der Waals surface area contributed by atoms with E-state index in [4.69, 9.17) is 9.84 Å². The molecule has 2 atom stereocenters. The van der Waals surface area contributed by atoms with Crippen molar-refractivity contribution < 1.29 is 19.4 Å². The molecule has 1 saturated carbocycles. The number of carbonyl (C=O) groups is 2. The van der Waals surface area contributed by atoms with Crippen LogP contribution in [0.2, 0.25) is 0 Å². The molecule has 0 aliphatic heterocycles. The van der Waals surface area contributed by atoms with E-state index in [1.165, 1.54) is 0 Å². The number of nitrogens with one attached hydrogen (secondary N) is 2. The average molecular weight is 320 g/mol. The van der Waals surface area contributed by atoms with Gasteiger partial charge in [0.15, 0.2) is 0 Å². The van der Waals surface area contributed by atoms with E-state index in [9.17, 15) is 9.59 Å². The van der Waals surface area contributed by atoms with E-state index >= 15 is 0 Å². The lowest BCUT2D eigenvalue weighted by atomic mass is 9.64. The zero-order valence-electron chi connectivity index (χ0n) is 13.5. The molecule has 0 radical (unpaired) electrons. The number of carboxylic acids is 1. The third-order valence-electron chi connectivity index (χ3n) is 4.40. The van der Waals surface area contributed by atoms with Gasteiger partial charge in [-0.05, 0) is 12.0 Å². The predicted molar refractivity (Wildman–Crippen MR) is 86.0 cm³/mol. The van der Waals surface area contributed by atoms with E-state index in [1.54, 1.807) is 0 Å². The highest BCUT2D eigenvalue weighted by Gasteiger charge is 2.49. The van der Waals surface area contributed by atoms with Crippen molar-refractivity contribution in [1.82, 2.24) is 10.6 Å². The molecule has 0 saturated heterocycles. The van der Waals surface area contributed by atoms with Crippen LogP contribution in [0, 0.1) is 5.41 Å². The van der Waals surface area contributed by atoms with Crippen LogP contribution in [0.1, 0.15) is 32.3 Å². The maximum Gasteiger partial charge on any atom is 0.315 e. The zero-order chi connectivity index (χ0) is 16.9. The smallest absolute Gasteiger partial charge is 0.315 e. The molecular formula is C17H24N2O4. The van der Waals surface area contributed by atoms with Crippen LogP contribution in [0.15, 0.2) is 30.3 Å². The van der Waals surface area contributed by atoms with Crippen molar-refractivity contribution in [2.75, 3.05) is 6.54 Å². The molecule has 6 nitrogen and oxygen atoms in total. The van der Waals surface area contributed by atoms with Crippen molar-refractivity contribution >= 4 is 12.0 Å². The van der Waals surface area contributed by atoms with Gasteiger partial charge in [0.1, 0.15) is 0 Å². The zero-order valence-corrected chi connectivity index (χ0v) is 13.5. The quantitative estimate of drug-likeness (QED) is 0.718. The normalized spacial score (nSPS) is 22.0. The van der Waals surface area contributed by atoms with Crippen molar-refractivity contribution in [2.45, 2.75) is 45.4 Å². The van der Waals surface area contributed by atoms with Crippen LogP contribution >= 0.6 is 0 Å². The van der Waals surface area contributed by atoms with E-state index in [0.29, 0.717) is 6.61 Å². The summed E-state index contributed by atoms with van der Waals surface area (Å²) in [4.78, 5) is 22.2. The molecule has 2 amide bonds. The minimum atomic E-state index is -0.927. The van der Waals surface area contributed by atoms with Gasteiger partial charge < -0.3 is 20.5 Å². The maximum atomic E-state index is 11.7. The number of hydrogen-bond donors (Lipinski definition) is 3. The van der Waals surface area contributed by atoms with Gasteiger partial charge in [0, 0.05) is 18.0 Å².